The van der Waals surface area contributed by atoms with Crippen LogP contribution in [-0.2, 0) is 9.84 Å². The van der Waals surface area contributed by atoms with Gasteiger partial charge in [-0.25, -0.2) is 8.42 Å². The van der Waals surface area contributed by atoms with Crippen LogP contribution in [0.4, 0.5) is 0 Å². The minimum absolute atomic E-state index is 0.375. The number of rotatable bonds is 4. The smallest absolute Gasteiger partial charge is 0.175 e. The molecule has 1 aromatic rings. The second-order valence-corrected chi connectivity index (χ2v) is 7.21. The molecule has 0 bridgehead atoms. The minimum atomic E-state index is -3.12. The molecule has 20 heavy (non-hydrogen) atoms. The van der Waals surface area contributed by atoms with E-state index in [1.165, 1.54) is 23.0 Å². The summed E-state index contributed by atoms with van der Waals surface area (Å²) >= 11 is 0. The molecule has 1 aliphatic rings. The Morgan fingerprint density at radius 2 is 1.85 bits per heavy atom. The van der Waals surface area contributed by atoms with Gasteiger partial charge in [0.05, 0.1) is 4.90 Å². The number of sulfone groups is 1. The number of benzene rings is 1. The Labute approximate surface area is 121 Å². The molecule has 0 fully saturated rings. The molecule has 2 rings (SSSR count). The van der Waals surface area contributed by atoms with Gasteiger partial charge in [0, 0.05) is 6.26 Å². The maximum Gasteiger partial charge on any atom is 0.175 e. The van der Waals surface area contributed by atoms with E-state index in [2.05, 4.69) is 13.5 Å². The fourth-order valence-electron chi connectivity index (χ4n) is 2.68. The Morgan fingerprint density at radius 1 is 1.20 bits per heavy atom. The molecule has 106 valence electrons. The molecular formula is C17H20O2S. The Bertz CT molecular complexity index is 674. The monoisotopic (exact) mass is 288 g/mol. The first kappa shape index (κ1) is 14.8. The summed E-state index contributed by atoms with van der Waals surface area (Å²) in [7, 11) is -3.12. The zero-order valence-corrected chi connectivity index (χ0v) is 12.8. The molecule has 0 N–H and O–H groups in total. The van der Waals surface area contributed by atoms with Gasteiger partial charge in [-0.15, -0.1) is 0 Å². The summed E-state index contributed by atoms with van der Waals surface area (Å²) in [6.45, 7) is 5.85. The molecule has 0 aliphatic heterocycles. The summed E-state index contributed by atoms with van der Waals surface area (Å²) in [5, 5.41) is 0. The van der Waals surface area contributed by atoms with Crippen LogP contribution in [0.5, 0.6) is 0 Å². The third-order valence-electron chi connectivity index (χ3n) is 3.69. The van der Waals surface area contributed by atoms with E-state index >= 15 is 0 Å². The largest absolute Gasteiger partial charge is 0.224 e. The van der Waals surface area contributed by atoms with Crippen LogP contribution in [0.2, 0.25) is 0 Å². The van der Waals surface area contributed by atoms with Crippen molar-refractivity contribution in [2.24, 2.45) is 0 Å². The number of hydrogen-bond acceptors (Lipinski definition) is 2. The lowest BCUT2D eigenvalue weighted by Crippen LogP contribution is -1.97. The van der Waals surface area contributed by atoms with Crippen molar-refractivity contribution in [2.75, 3.05) is 6.26 Å². The highest BCUT2D eigenvalue weighted by atomic mass is 32.2. The first-order chi connectivity index (χ1) is 9.43. The topological polar surface area (TPSA) is 34.1 Å². The first-order valence-corrected chi connectivity index (χ1v) is 8.65. The van der Waals surface area contributed by atoms with E-state index in [0.29, 0.717) is 4.90 Å². The summed E-state index contributed by atoms with van der Waals surface area (Å²) in [6, 6.07) is 7.22. The molecular weight excluding hydrogens is 268 g/mol. The van der Waals surface area contributed by atoms with Crippen molar-refractivity contribution in [3.8, 4) is 0 Å². The van der Waals surface area contributed by atoms with Crippen LogP contribution in [0, 0.1) is 0 Å². The van der Waals surface area contributed by atoms with Gasteiger partial charge in [-0.05, 0) is 60.6 Å². The average Bonchev–Trinajstić information content (AvgIpc) is 2.87. The van der Waals surface area contributed by atoms with Crippen molar-refractivity contribution >= 4 is 15.4 Å². The third kappa shape index (κ3) is 3.10. The molecule has 2 nitrogen and oxygen atoms in total. The number of allylic oxidation sites excluding steroid dienone is 5. The molecule has 0 saturated carbocycles. The Balaban J connectivity index is 2.42. The Hall–Kier alpha value is -1.61. The Morgan fingerprint density at radius 3 is 2.40 bits per heavy atom. The zero-order valence-electron chi connectivity index (χ0n) is 12.0. The van der Waals surface area contributed by atoms with Gasteiger partial charge in [-0.1, -0.05) is 30.9 Å². The molecule has 1 aromatic carbocycles. The van der Waals surface area contributed by atoms with E-state index in [-0.39, 0.29) is 0 Å². The van der Waals surface area contributed by atoms with Gasteiger partial charge in [0.25, 0.3) is 0 Å². The quantitative estimate of drug-likeness (QED) is 0.780. The highest BCUT2D eigenvalue weighted by molar-refractivity contribution is 7.90. The van der Waals surface area contributed by atoms with E-state index in [1.54, 1.807) is 12.1 Å². The van der Waals surface area contributed by atoms with Gasteiger partial charge in [0.15, 0.2) is 9.84 Å². The van der Waals surface area contributed by atoms with Crippen LogP contribution < -0.4 is 0 Å². The standard InChI is InChI=1S/C17H20O2S/c1-4-6-13(2)16-7-5-8-17(16)14-9-11-15(12-10-14)20(3,18)19/h4,6,9-12H,1,5,7-8H2,2-3H3/b13-6+. The van der Waals surface area contributed by atoms with Crippen molar-refractivity contribution in [1.29, 1.82) is 0 Å². The fourth-order valence-corrected chi connectivity index (χ4v) is 3.31. The molecule has 0 amide bonds. The van der Waals surface area contributed by atoms with Crippen LogP contribution in [0.1, 0.15) is 31.7 Å². The summed E-state index contributed by atoms with van der Waals surface area (Å²) in [5.74, 6) is 0. The highest BCUT2D eigenvalue weighted by Gasteiger charge is 2.17. The zero-order chi connectivity index (χ0) is 14.8. The maximum atomic E-state index is 11.5. The van der Waals surface area contributed by atoms with Crippen LogP contribution in [0.3, 0.4) is 0 Å². The van der Waals surface area contributed by atoms with E-state index in [9.17, 15) is 8.42 Å². The second-order valence-electron chi connectivity index (χ2n) is 5.19. The van der Waals surface area contributed by atoms with Crippen molar-refractivity contribution in [3.63, 3.8) is 0 Å². The lowest BCUT2D eigenvalue weighted by Gasteiger charge is -2.09. The molecule has 0 aromatic heterocycles. The van der Waals surface area contributed by atoms with Gasteiger partial charge in [0.1, 0.15) is 0 Å². The molecule has 3 heteroatoms. The lowest BCUT2D eigenvalue weighted by atomic mass is 9.98. The number of hydrogen-bond donors (Lipinski definition) is 0. The third-order valence-corrected chi connectivity index (χ3v) is 4.82. The van der Waals surface area contributed by atoms with Gasteiger partial charge in [-0.2, -0.15) is 0 Å². The normalized spacial score (nSPS) is 16.6. The maximum absolute atomic E-state index is 11.5. The van der Waals surface area contributed by atoms with E-state index in [4.69, 9.17) is 0 Å². The van der Waals surface area contributed by atoms with Crippen molar-refractivity contribution in [3.05, 3.63) is 59.7 Å². The van der Waals surface area contributed by atoms with Crippen LogP contribution >= 0.6 is 0 Å². The summed E-state index contributed by atoms with van der Waals surface area (Å²) in [6.07, 6.45) is 8.37. The fraction of sp³-hybridized carbons (Fsp3) is 0.294. The molecule has 0 heterocycles. The first-order valence-electron chi connectivity index (χ1n) is 6.75. The van der Waals surface area contributed by atoms with Gasteiger partial charge in [-0.3, -0.25) is 0 Å². The van der Waals surface area contributed by atoms with Gasteiger partial charge >= 0.3 is 0 Å². The van der Waals surface area contributed by atoms with Crippen LogP contribution in [-0.4, -0.2) is 14.7 Å². The summed E-state index contributed by atoms with van der Waals surface area (Å²) in [4.78, 5) is 0.375. The molecule has 0 unspecified atom stereocenters. The van der Waals surface area contributed by atoms with E-state index in [1.807, 2.05) is 24.3 Å². The van der Waals surface area contributed by atoms with E-state index < -0.39 is 9.84 Å². The lowest BCUT2D eigenvalue weighted by molar-refractivity contribution is 0.602. The van der Waals surface area contributed by atoms with Crippen molar-refractivity contribution in [2.45, 2.75) is 31.1 Å². The van der Waals surface area contributed by atoms with Crippen molar-refractivity contribution in [1.82, 2.24) is 0 Å². The minimum Gasteiger partial charge on any atom is -0.224 e. The average molecular weight is 288 g/mol. The summed E-state index contributed by atoms with van der Waals surface area (Å²) < 4.78 is 23.0. The van der Waals surface area contributed by atoms with Crippen LogP contribution in [0.25, 0.3) is 5.57 Å². The van der Waals surface area contributed by atoms with E-state index in [0.717, 1.165) is 24.8 Å². The molecule has 0 atom stereocenters. The molecule has 1 aliphatic carbocycles. The summed E-state index contributed by atoms with van der Waals surface area (Å²) in [5.41, 5.74) is 5.08. The Kier molecular flexibility index (Phi) is 4.29. The molecule has 0 saturated heterocycles. The van der Waals surface area contributed by atoms with Crippen molar-refractivity contribution < 1.29 is 8.42 Å². The SMILES string of the molecule is C=C/C=C(\C)C1=C(c2ccc(S(C)(=O)=O)cc2)CCC1. The van der Waals surface area contributed by atoms with Gasteiger partial charge in [0.2, 0.25) is 0 Å². The molecule has 0 spiro atoms. The second kappa shape index (κ2) is 5.80. The van der Waals surface area contributed by atoms with Gasteiger partial charge < -0.3 is 0 Å². The predicted octanol–water partition coefficient (Wildman–Crippen LogP) is 4.16. The highest BCUT2D eigenvalue weighted by Crippen LogP contribution is 2.37. The van der Waals surface area contributed by atoms with Crippen LogP contribution in [0.15, 0.2) is 59.0 Å². The molecule has 0 radical (unpaired) electrons. The predicted molar refractivity (Wildman–Crippen MR) is 84.3 cm³/mol.